The van der Waals surface area contributed by atoms with Crippen molar-refractivity contribution in [1.82, 2.24) is 30.0 Å². The summed E-state index contributed by atoms with van der Waals surface area (Å²) >= 11 is 0. The first-order valence-corrected chi connectivity index (χ1v) is 3.35. The fourth-order valence-electron chi connectivity index (χ4n) is 0.745. The van der Waals surface area contributed by atoms with Crippen molar-refractivity contribution in [1.29, 1.82) is 0 Å². The van der Waals surface area contributed by atoms with Gasteiger partial charge in [-0.15, -0.1) is 25.5 Å². The first-order chi connectivity index (χ1) is 5.77. The highest BCUT2D eigenvalue weighted by molar-refractivity contribution is 5.27. The molecule has 0 aromatic carbocycles. The molecule has 7 heteroatoms. The Morgan fingerprint density at radius 3 is 2.83 bits per heavy atom. The molecule has 7 nitrogen and oxygen atoms in total. The molecular formula is C5H7N7. The van der Waals surface area contributed by atoms with Crippen LogP contribution in [0.2, 0.25) is 0 Å². The van der Waals surface area contributed by atoms with E-state index in [0.717, 1.165) is 0 Å². The minimum atomic E-state index is 0.403. The van der Waals surface area contributed by atoms with Crippen molar-refractivity contribution in [2.45, 2.75) is 0 Å². The van der Waals surface area contributed by atoms with Crippen LogP contribution >= 0.6 is 0 Å². The first kappa shape index (κ1) is 6.89. The van der Waals surface area contributed by atoms with Gasteiger partial charge in [0.15, 0.2) is 0 Å². The predicted molar refractivity (Wildman–Crippen MR) is 40.7 cm³/mol. The Kier molecular flexibility index (Phi) is 1.36. The molecule has 0 aliphatic carbocycles. The Balaban J connectivity index is 2.60. The van der Waals surface area contributed by atoms with E-state index >= 15 is 0 Å². The van der Waals surface area contributed by atoms with Gasteiger partial charge >= 0.3 is 0 Å². The molecule has 0 fully saturated rings. The third-order valence-corrected chi connectivity index (χ3v) is 1.34. The zero-order valence-corrected chi connectivity index (χ0v) is 6.71. The van der Waals surface area contributed by atoms with E-state index in [9.17, 15) is 0 Å². The van der Waals surface area contributed by atoms with Crippen LogP contribution < -0.4 is 4.90 Å². The van der Waals surface area contributed by atoms with Crippen molar-refractivity contribution in [3.63, 3.8) is 0 Å². The van der Waals surface area contributed by atoms with Gasteiger partial charge in [0.05, 0.1) is 0 Å². The second kappa shape index (κ2) is 2.36. The number of hydrogen-bond acceptors (Lipinski definition) is 6. The molecular weight excluding hydrogens is 158 g/mol. The zero-order valence-electron chi connectivity index (χ0n) is 6.71. The van der Waals surface area contributed by atoms with Crippen LogP contribution in [-0.4, -0.2) is 44.1 Å². The summed E-state index contributed by atoms with van der Waals surface area (Å²) in [5.41, 5.74) is 0. The lowest BCUT2D eigenvalue weighted by atomic mass is 10.8. The van der Waals surface area contributed by atoms with Gasteiger partial charge in [-0.05, 0) is 0 Å². The number of anilines is 1. The Labute approximate surface area is 68.0 Å². The maximum Gasteiger partial charge on any atom is 0.290 e. The smallest absolute Gasteiger partial charge is 0.290 e. The molecule has 0 radical (unpaired) electrons. The van der Waals surface area contributed by atoms with E-state index in [1.807, 2.05) is 14.1 Å². The fourth-order valence-corrected chi connectivity index (χ4v) is 0.745. The molecule has 2 heterocycles. The van der Waals surface area contributed by atoms with Gasteiger partial charge in [0.1, 0.15) is 6.33 Å². The van der Waals surface area contributed by atoms with Gasteiger partial charge in [-0.1, -0.05) is 0 Å². The fraction of sp³-hybridized carbons (Fsp3) is 0.400. The van der Waals surface area contributed by atoms with Crippen molar-refractivity contribution in [2.24, 2.45) is 0 Å². The molecule has 0 atom stereocenters. The highest BCUT2D eigenvalue weighted by Gasteiger charge is 2.02. The van der Waals surface area contributed by atoms with Crippen LogP contribution in [0.3, 0.4) is 0 Å². The summed E-state index contributed by atoms with van der Waals surface area (Å²) < 4.78 is 1.47. The standard InChI is InChI=1S/C5H7N7/c1-11(2)5-9-8-4-7-6-3-12(4)10-5/h3H,1-2H3. The van der Waals surface area contributed by atoms with Gasteiger partial charge in [0, 0.05) is 14.1 Å². The largest absolute Gasteiger partial charge is 0.344 e. The molecule has 0 N–H and O–H groups in total. The van der Waals surface area contributed by atoms with E-state index in [1.54, 1.807) is 4.90 Å². The van der Waals surface area contributed by atoms with Crippen LogP contribution in [0.1, 0.15) is 0 Å². The lowest BCUT2D eigenvalue weighted by Crippen LogP contribution is -2.15. The number of hydrogen-bond donors (Lipinski definition) is 0. The minimum absolute atomic E-state index is 0.403. The summed E-state index contributed by atoms with van der Waals surface area (Å²) in [7, 11) is 3.68. The molecule has 0 unspecified atom stereocenters. The average Bonchev–Trinajstić information content (AvgIpc) is 2.49. The monoisotopic (exact) mass is 165 g/mol. The number of nitrogens with zero attached hydrogens (tertiary/aromatic N) is 7. The van der Waals surface area contributed by atoms with Crippen LogP contribution in [0.15, 0.2) is 6.33 Å². The quantitative estimate of drug-likeness (QED) is 0.538. The van der Waals surface area contributed by atoms with Crippen LogP contribution in [0.4, 0.5) is 5.95 Å². The predicted octanol–water partition coefficient (Wildman–Crippen LogP) is -1.02. The highest BCUT2D eigenvalue weighted by atomic mass is 15.5. The summed E-state index contributed by atoms with van der Waals surface area (Å²) in [5, 5.41) is 19.0. The van der Waals surface area contributed by atoms with Crippen LogP contribution in [0.25, 0.3) is 5.78 Å². The molecule has 0 spiro atoms. The Bertz CT molecular complexity index is 391. The number of rotatable bonds is 1. The molecule has 0 aliphatic heterocycles. The maximum absolute atomic E-state index is 4.08. The second-order valence-corrected chi connectivity index (χ2v) is 2.47. The van der Waals surface area contributed by atoms with Gasteiger partial charge in [-0.25, -0.2) is 0 Å². The summed E-state index contributed by atoms with van der Waals surface area (Å²) in [6.45, 7) is 0. The molecule has 2 rings (SSSR count). The molecule has 62 valence electrons. The van der Waals surface area contributed by atoms with Crippen molar-refractivity contribution in [2.75, 3.05) is 19.0 Å². The summed E-state index contributed by atoms with van der Waals surface area (Å²) in [4.78, 5) is 1.76. The topological polar surface area (TPSA) is 72.1 Å². The molecule has 12 heavy (non-hydrogen) atoms. The van der Waals surface area contributed by atoms with Gasteiger partial charge in [-0.2, -0.15) is 4.52 Å². The second-order valence-electron chi connectivity index (χ2n) is 2.47. The van der Waals surface area contributed by atoms with Crippen LogP contribution in [0.5, 0.6) is 0 Å². The summed E-state index contributed by atoms with van der Waals surface area (Å²) in [5.74, 6) is 0.933. The van der Waals surface area contributed by atoms with Gasteiger partial charge in [-0.3, -0.25) is 0 Å². The molecule has 2 aromatic heterocycles. The Hall–Kier alpha value is -1.79. The molecule has 0 saturated heterocycles. The van der Waals surface area contributed by atoms with E-state index in [2.05, 4.69) is 25.5 Å². The lowest BCUT2D eigenvalue weighted by Gasteiger charge is -2.06. The van der Waals surface area contributed by atoms with Crippen molar-refractivity contribution < 1.29 is 0 Å². The third kappa shape index (κ3) is 0.949. The SMILES string of the molecule is CN(C)c1nnc2nncn2n1. The maximum atomic E-state index is 4.08. The molecule has 0 aliphatic rings. The molecule has 2 aromatic rings. The van der Waals surface area contributed by atoms with Crippen LogP contribution in [0, 0.1) is 0 Å². The van der Waals surface area contributed by atoms with Crippen molar-refractivity contribution in [3.8, 4) is 0 Å². The van der Waals surface area contributed by atoms with E-state index < -0.39 is 0 Å². The minimum Gasteiger partial charge on any atom is -0.344 e. The molecule has 0 amide bonds. The molecule has 0 saturated carbocycles. The van der Waals surface area contributed by atoms with E-state index in [-0.39, 0.29) is 0 Å². The summed E-state index contributed by atoms with van der Waals surface area (Å²) in [6.07, 6.45) is 1.48. The van der Waals surface area contributed by atoms with Gasteiger partial charge in [0.25, 0.3) is 11.7 Å². The van der Waals surface area contributed by atoms with Crippen molar-refractivity contribution >= 4 is 11.7 Å². The lowest BCUT2D eigenvalue weighted by molar-refractivity contribution is 0.799. The van der Waals surface area contributed by atoms with E-state index in [0.29, 0.717) is 11.7 Å². The summed E-state index contributed by atoms with van der Waals surface area (Å²) in [6, 6.07) is 0. The van der Waals surface area contributed by atoms with Crippen molar-refractivity contribution in [3.05, 3.63) is 6.33 Å². The normalized spacial score (nSPS) is 10.5. The zero-order chi connectivity index (χ0) is 8.55. The average molecular weight is 165 g/mol. The first-order valence-electron chi connectivity index (χ1n) is 3.35. The number of aromatic nitrogens is 6. The Morgan fingerprint density at radius 1 is 1.25 bits per heavy atom. The Morgan fingerprint density at radius 2 is 2.08 bits per heavy atom. The van der Waals surface area contributed by atoms with E-state index in [1.165, 1.54) is 10.8 Å². The molecule has 0 bridgehead atoms. The van der Waals surface area contributed by atoms with Crippen LogP contribution in [-0.2, 0) is 0 Å². The number of fused-ring (bicyclic) bond motifs is 1. The highest BCUT2D eigenvalue weighted by Crippen LogP contribution is 1.98. The third-order valence-electron chi connectivity index (χ3n) is 1.34. The van der Waals surface area contributed by atoms with Gasteiger partial charge in [0.2, 0.25) is 0 Å². The van der Waals surface area contributed by atoms with E-state index in [4.69, 9.17) is 0 Å². The van der Waals surface area contributed by atoms with Gasteiger partial charge < -0.3 is 4.90 Å².